The third kappa shape index (κ3) is 2.69. The summed E-state index contributed by atoms with van der Waals surface area (Å²) in [5.74, 6) is 0.878. The molecule has 1 aliphatic rings. The largest absolute Gasteiger partial charge is 0.361 e. The molecule has 0 bridgehead atoms. The van der Waals surface area contributed by atoms with Gasteiger partial charge in [-0.1, -0.05) is 5.16 Å². The highest BCUT2D eigenvalue weighted by molar-refractivity contribution is 5.80. The highest BCUT2D eigenvalue weighted by Crippen LogP contribution is 2.23. The normalized spacial score (nSPS) is 18.5. The molecule has 0 saturated carbocycles. The maximum atomic E-state index is 12.4. The van der Waals surface area contributed by atoms with Crippen LogP contribution in [0, 0.1) is 6.92 Å². The number of aromatic nitrogens is 3. The topological polar surface area (TPSA) is 67.4 Å². The van der Waals surface area contributed by atoms with Crippen LogP contribution in [0.4, 0.5) is 0 Å². The van der Waals surface area contributed by atoms with Gasteiger partial charge in [-0.15, -0.1) is 0 Å². The van der Waals surface area contributed by atoms with Crippen LogP contribution in [0.3, 0.4) is 0 Å². The second kappa shape index (κ2) is 5.33. The Kier molecular flexibility index (Phi) is 3.50. The quantitative estimate of drug-likeness (QED) is 0.837. The van der Waals surface area contributed by atoms with E-state index in [1.807, 2.05) is 23.8 Å². The molecule has 21 heavy (non-hydrogen) atoms. The Morgan fingerprint density at radius 1 is 1.52 bits per heavy atom. The lowest BCUT2D eigenvalue weighted by molar-refractivity contribution is -0.133. The summed E-state index contributed by atoms with van der Waals surface area (Å²) in [5, 5.41) is 4.02. The van der Waals surface area contributed by atoms with Gasteiger partial charge in [-0.25, -0.2) is 4.98 Å². The summed E-state index contributed by atoms with van der Waals surface area (Å²) in [4.78, 5) is 20.4. The van der Waals surface area contributed by atoms with Crippen molar-refractivity contribution in [2.45, 2.75) is 26.1 Å². The second-order valence-corrected chi connectivity index (χ2v) is 5.64. The molecule has 0 fully saturated rings. The number of carbonyl (C=O) groups is 1. The van der Waals surface area contributed by atoms with Crippen LogP contribution in [-0.4, -0.2) is 51.1 Å². The van der Waals surface area contributed by atoms with E-state index in [4.69, 9.17) is 4.52 Å². The Morgan fingerprint density at radius 3 is 3.00 bits per heavy atom. The Hall–Kier alpha value is -2.15. The van der Waals surface area contributed by atoms with E-state index in [2.05, 4.69) is 15.0 Å². The van der Waals surface area contributed by atoms with Gasteiger partial charge >= 0.3 is 0 Å². The van der Waals surface area contributed by atoms with E-state index in [9.17, 15) is 4.79 Å². The molecule has 1 atom stereocenters. The molecule has 7 heteroatoms. The number of fused-ring (bicyclic) bond motifs is 1. The summed E-state index contributed by atoms with van der Waals surface area (Å²) in [6, 6.07) is 1.69. The minimum absolute atomic E-state index is 0.0790. The predicted octanol–water partition coefficient (Wildman–Crippen LogP) is 0.825. The van der Waals surface area contributed by atoms with Crippen molar-refractivity contribution in [3.63, 3.8) is 0 Å². The summed E-state index contributed by atoms with van der Waals surface area (Å²) >= 11 is 0. The summed E-state index contributed by atoms with van der Waals surface area (Å²) < 4.78 is 7.07. The number of imidazole rings is 1. The third-order valence-electron chi connectivity index (χ3n) is 3.69. The van der Waals surface area contributed by atoms with Gasteiger partial charge < -0.3 is 14.0 Å². The lowest BCUT2D eigenvalue weighted by Crippen LogP contribution is -2.43. The zero-order valence-electron chi connectivity index (χ0n) is 12.5. The van der Waals surface area contributed by atoms with Gasteiger partial charge in [-0.05, 0) is 6.92 Å². The zero-order chi connectivity index (χ0) is 15.0. The highest BCUT2D eigenvalue weighted by atomic mass is 16.5. The smallest absolute Gasteiger partial charge is 0.246 e. The van der Waals surface area contributed by atoms with E-state index >= 15 is 0 Å². The van der Waals surface area contributed by atoms with Gasteiger partial charge in [0.2, 0.25) is 5.91 Å². The highest BCUT2D eigenvalue weighted by Gasteiger charge is 2.31. The molecule has 0 aliphatic carbocycles. The second-order valence-electron chi connectivity index (χ2n) is 5.64. The first-order valence-electron chi connectivity index (χ1n) is 6.91. The first-order valence-corrected chi connectivity index (χ1v) is 6.91. The van der Waals surface area contributed by atoms with E-state index in [0.29, 0.717) is 13.1 Å². The molecule has 3 rings (SSSR count). The number of likely N-dealkylation sites (N-methyl/N-ethyl adjacent to an activating group) is 1. The van der Waals surface area contributed by atoms with Crippen molar-refractivity contribution in [3.8, 4) is 0 Å². The molecule has 0 N–H and O–H groups in total. The molecule has 0 spiro atoms. The molecule has 1 amide bonds. The van der Waals surface area contributed by atoms with E-state index in [1.165, 1.54) is 0 Å². The van der Waals surface area contributed by atoms with Crippen LogP contribution in [0.5, 0.6) is 0 Å². The molecule has 3 heterocycles. The molecule has 0 aromatic carbocycles. The lowest BCUT2D eigenvalue weighted by atomic mass is 10.1. The number of aryl methyl sites for hydroxylation is 1. The number of hydrogen-bond donors (Lipinski definition) is 0. The maximum absolute atomic E-state index is 12.4. The monoisotopic (exact) mass is 289 g/mol. The van der Waals surface area contributed by atoms with Crippen LogP contribution in [-0.2, 0) is 17.9 Å². The molecule has 0 unspecified atom stereocenters. The average Bonchev–Trinajstić information content (AvgIpc) is 3.05. The van der Waals surface area contributed by atoms with Crippen molar-refractivity contribution in [1.29, 1.82) is 0 Å². The molecule has 2 aromatic heterocycles. The van der Waals surface area contributed by atoms with Gasteiger partial charge in [-0.2, -0.15) is 0 Å². The van der Waals surface area contributed by atoms with Crippen LogP contribution in [0.2, 0.25) is 0 Å². The van der Waals surface area contributed by atoms with Crippen molar-refractivity contribution in [2.24, 2.45) is 0 Å². The molecule has 112 valence electrons. The van der Waals surface area contributed by atoms with Gasteiger partial charge in [0, 0.05) is 46.0 Å². The fraction of sp³-hybridized carbons (Fsp3) is 0.500. The van der Waals surface area contributed by atoms with E-state index in [0.717, 1.165) is 23.7 Å². The molecule has 2 aromatic rings. The van der Waals surface area contributed by atoms with Crippen LogP contribution in [0.1, 0.15) is 23.2 Å². The van der Waals surface area contributed by atoms with Crippen LogP contribution >= 0.6 is 0 Å². The minimum atomic E-state index is -0.237. The van der Waals surface area contributed by atoms with Crippen molar-refractivity contribution >= 4 is 5.91 Å². The van der Waals surface area contributed by atoms with E-state index < -0.39 is 0 Å². The first kappa shape index (κ1) is 13.8. The molecular formula is C14H19N5O2. The lowest BCUT2D eigenvalue weighted by Gasteiger charge is -2.34. The van der Waals surface area contributed by atoms with Gasteiger partial charge in [0.1, 0.15) is 11.8 Å². The van der Waals surface area contributed by atoms with Gasteiger partial charge in [0.25, 0.3) is 0 Å². The van der Waals surface area contributed by atoms with Crippen LogP contribution in [0.15, 0.2) is 23.1 Å². The maximum Gasteiger partial charge on any atom is 0.246 e. The SMILES string of the molecule is Cc1cc(CN2Cc3cncn3[C@@H](C(=O)N(C)C)C2)no1. The third-order valence-corrected chi connectivity index (χ3v) is 3.69. The summed E-state index contributed by atoms with van der Waals surface area (Å²) in [7, 11) is 3.55. The van der Waals surface area contributed by atoms with E-state index in [1.54, 1.807) is 25.3 Å². The van der Waals surface area contributed by atoms with Crippen molar-refractivity contribution in [1.82, 2.24) is 24.5 Å². The molecular weight excluding hydrogens is 270 g/mol. The summed E-state index contributed by atoms with van der Waals surface area (Å²) in [5.41, 5.74) is 1.93. The van der Waals surface area contributed by atoms with Crippen molar-refractivity contribution in [2.75, 3.05) is 20.6 Å². The molecule has 7 nitrogen and oxygen atoms in total. The van der Waals surface area contributed by atoms with Crippen molar-refractivity contribution in [3.05, 3.63) is 35.7 Å². The van der Waals surface area contributed by atoms with Crippen molar-refractivity contribution < 1.29 is 9.32 Å². The van der Waals surface area contributed by atoms with Crippen LogP contribution < -0.4 is 0 Å². The zero-order valence-corrected chi connectivity index (χ0v) is 12.5. The standard InChI is InChI=1S/C14H19N5O2/c1-10-4-11(16-21-10)6-18-7-12-5-15-9-19(12)13(8-18)14(20)17(2)3/h4-5,9,13H,6-8H2,1-3H3/t13-/m1/s1. The Balaban J connectivity index is 1.81. The van der Waals surface area contributed by atoms with Crippen LogP contribution in [0.25, 0.3) is 0 Å². The molecule has 0 radical (unpaired) electrons. The molecule has 1 aliphatic heterocycles. The number of amides is 1. The fourth-order valence-corrected chi connectivity index (χ4v) is 2.70. The fourth-order valence-electron chi connectivity index (χ4n) is 2.70. The predicted molar refractivity (Wildman–Crippen MR) is 75.3 cm³/mol. The first-order chi connectivity index (χ1) is 10.0. The Bertz CT molecular complexity index is 645. The number of hydrogen-bond acceptors (Lipinski definition) is 5. The number of nitrogens with zero attached hydrogens (tertiary/aromatic N) is 5. The van der Waals surface area contributed by atoms with E-state index in [-0.39, 0.29) is 11.9 Å². The Morgan fingerprint density at radius 2 is 2.33 bits per heavy atom. The minimum Gasteiger partial charge on any atom is -0.361 e. The van der Waals surface area contributed by atoms with Gasteiger partial charge in [0.15, 0.2) is 0 Å². The Labute approximate surface area is 123 Å². The number of carbonyl (C=O) groups excluding carboxylic acids is 1. The molecule has 0 saturated heterocycles. The van der Waals surface area contributed by atoms with Gasteiger partial charge in [-0.3, -0.25) is 9.69 Å². The number of rotatable bonds is 3. The average molecular weight is 289 g/mol. The van der Waals surface area contributed by atoms with Gasteiger partial charge in [0.05, 0.1) is 17.7 Å². The summed E-state index contributed by atoms with van der Waals surface area (Å²) in [6.07, 6.45) is 3.55. The summed E-state index contributed by atoms with van der Waals surface area (Å²) in [6.45, 7) is 3.94.